The fraction of sp³-hybridized carbons (Fsp3) is 0.333. The number of phosphoric acid groups is 1. The summed E-state index contributed by atoms with van der Waals surface area (Å²) in [6.07, 6.45) is 7.02. The van der Waals surface area contributed by atoms with Crippen LogP contribution < -0.4 is 0 Å². The predicted molar refractivity (Wildman–Crippen MR) is 63.3 cm³/mol. The van der Waals surface area contributed by atoms with E-state index >= 15 is 0 Å². The van der Waals surface area contributed by atoms with Gasteiger partial charge in [0.25, 0.3) is 0 Å². The monoisotopic (exact) mass is 252 g/mol. The van der Waals surface area contributed by atoms with E-state index in [2.05, 4.69) is 10.4 Å². The first kappa shape index (κ1) is 12.3. The van der Waals surface area contributed by atoms with Gasteiger partial charge in [-0.05, 0) is 30.5 Å². The molecule has 2 rings (SSSR count). The molecule has 0 radical (unpaired) electrons. The van der Waals surface area contributed by atoms with Gasteiger partial charge in [-0.1, -0.05) is 18.1 Å². The van der Waals surface area contributed by atoms with Gasteiger partial charge >= 0.3 is 7.82 Å². The first-order valence-corrected chi connectivity index (χ1v) is 6.75. The van der Waals surface area contributed by atoms with Crippen molar-refractivity contribution in [1.29, 1.82) is 0 Å². The molecule has 5 heteroatoms. The standard InChI is InChI=1S/C12H13O4P/c1-2-10-3-5-11(6-4-10)12(7-8-12)9-16-17(13,14)15/h1,3-6H,7-9H2,(H2,13,14,15). The minimum atomic E-state index is -4.39. The molecular formula is C12H13O4P. The van der Waals surface area contributed by atoms with Gasteiger partial charge in [-0.2, -0.15) is 0 Å². The molecule has 0 atom stereocenters. The highest BCUT2D eigenvalue weighted by Gasteiger charge is 2.45. The van der Waals surface area contributed by atoms with Crippen LogP contribution in [0.5, 0.6) is 0 Å². The lowest BCUT2D eigenvalue weighted by Crippen LogP contribution is -2.14. The summed E-state index contributed by atoms with van der Waals surface area (Å²) in [6, 6.07) is 7.44. The summed E-state index contributed by atoms with van der Waals surface area (Å²) in [7, 11) is -4.39. The van der Waals surface area contributed by atoms with Crippen LogP contribution in [0.25, 0.3) is 0 Å². The Bertz CT molecular complexity index is 490. The Morgan fingerprint density at radius 3 is 2.35 bits per heavy atom. The van der Waals surface area contributed by atoms with E-state index in [0.29, 0.717) is 0 Å². The largest absolute Gasteiger partial charge is 0.469 e. The quantitative estimate of drug-likeness (QED) is 0.633. The van der Waals surface area contributed by atoms with Crippen molar-refractivity contribution in [2.24, 2.45) is 0 Å². The number of rotatable bonds is 4. The number of terminal acetylenes is 1. The van der Waals surface area contributed by atoms with Crippen LogP contribution >= 0.6 is 7.82 Å². The van der Waals surface area contributed by atoms with Crippen LogP contribution in [0.15, 0.2) is 24.3 Å². The summed E-state index contributed by atoms with van der Waals surface area (Å²) in [5.41, 5.74) is 1.57. The Morgan fingerprint density at radius 2 is 1.94 bits per heavy atom. The van der Waals surface area contributed by atoms with Gasteiger partial charge in [-0.15, -0.1) is 6.42 Å². The normalized spacial score (nSPS) is 17.5. The minimum absolute atomic E-state index is 0.0483. The molecule has 0 aliphatic heterocycles. The van der Waals surface area contributed by atoms with E-state index in [4.69, 9.17) is 16.2 Å². The maximum Gasteiger partial charge on any atom is 0.469 e. The van der Waals surface area contributed by atoms with Gasteiger partial charge in [0, 0.05) is 11.0 Å². The van der Waals surface area contributed by atoms with Gasteiger partial charge in [0.15, 0.2) is 0 Å². The lowest BCUT2D eigenvalue weighted by Gasteiger charge is -2.16. The molecule has 0 heterocycles. The number of hydrogen-bond donors (Lipinski definition) is 2. The summed E-state index contributed by atoms with van der Waals surface area (Å²) in [5.74, 6) is 2.53. The molecule has 17 heavy (non-hydrogen) atoms. The second-order valence-corrected chi connectivity index (χ2v) is 5.51. The minimum Gasteiger partial charge on any atom is -0.303 e. The number of phosphoric ester groups is 1. The first-order valence-electron chi connectivity index (χ1n) is 5.22. The van der Waals surface area contributed by atoms with Crippen molar-refractivity contribution >= 4 is 7.82 Å². The molecule has 0 unspecified atom stereocenters. The molecule has 1 fully saturated rings. The lowest BCUT2D eigenvalue weighted by atomic mass is 9.96. The van der Waals surface area contributed by atoms with E-state index in [1.807, 2.05) is 24.3 Å². The van der Waals surface area contributed by atoms with Crippen LogP contribution in [0.3, 0.4) is 0 Å². The smallest absolute Gasteiger partial charge is 0.303 e. The summed E-state index contributed by atoms with van der Waals surface area (Å²) in [5, 5.41) is 0. The zero-order valence-electron chi connectivity index (χ0n) is 9.17. The number of hydrogen-bond acceptors (Lipinski definition) is 2. The maximum absolute atomic E-state index is 10.7. The molecule has 1 saturated carbocycles. The molecule has 1 aliphatic rings. The Kier molecular flexibility index (Phi) is 3.11. The summed E-state index contributed by atoms with van der Waals surface area (Å²) >= 11 is 0. The fourth-order valence-corrected chi connectivity index (χ4v) is 2.21. The van der Waals surface area contributed by atoms with E-state index in [9.17, 15) is 4.57 Å². The zero-order chi connectivity index (χ0) is 12.5. The second kappa shape index (κ2) is 4.29. The highest BCUT2D eigenvalue weighted by atomic mass is 31.2. The first-order chi connectivity index (χ1) is 7.95. The average Bonchev–Trinajstić information content (AvgIpc) is 3.07. The summed E-state index contributed by atoms with van der Waals surface area (Å²) in [6.45, 7) is 0.0483. The molecular weight excluding hydrogens is 239 g/mol. The molecule has 90 valence electrons. The fourth-order valence-electron chi connectivity index (χ4n) is 1.79. The van der Waals surface area contributed by atoms with Gasteiger partial charge in [0.05, 0.1) is 6.61 Å². The van der Waals surface area contributed by atoms with Gasteiger partial charge < -0.3 is 9.79 Å². The summed E-state index contributed by atoms with van der Waals surface area (Å²) < 4.78 is 15.3. The Hall–Kier alpha value is -1.11. The van der Waals surface area contributed by atoms with Crippen molar-refractivity contribution in [2.75, 3.05) is 6.61 Å². The highest BCUT2D eigenvalue weighted by Crippen LogP contribution is 2.51. The third kappa shape index (κ3) is 2.96. The van der Waals surface area contributed by atoms with Gasteiger partial charge in [0.2, 0.25) is 0 Å². The Labute approximate surface area is 99.9 Å². The molecule has 0 saturated heterocycles. The zero-order valence-corrected chi connectivity index (χ0v) is 10.1. The van der Waals surface area contributed by atoms with E-state index in [0.717, 1.165) is 24.0 Å². The van der Waals surface area contributed by atoms with Crippen molar-refractivity contribution in [2.45, 2.75) is 18.3 Å². The lowest BCUT2D eigenvalue weighted by molar-refractivity contribution is 0.180. The van der Waals surface area contributed by atoms with Crippen molar-refractivity contribution in [3.8, 4) is 12.3 Å². The molecule has 2 N–H and O–H groups in total. The van der Waals surface area contributed by atoms with Gasteiger partial charge in [-0.3, -0.25) is 4.52 Å². The van der Waals surface area contributed by atoms with E-state index < -0.39 is 7.82 Å². The van der Waals surface area contributed by atoms with E-state index in [1.54, 1.807) is 0 Å². The SMILES string of the molecule is C#Cc1ccc(C2(COP(=O)(O)O)CC2)cc1. The molecule has 1 aromatic carbocycles. The van der Waals surface area contributed by atoms with Crippen LogP contribution in [0.1, 0.15) is 24.0 Å². The maximum atomic E-state index is 10.7. The number of benzene rings is 1. The van der Waals surface area contributed by atoms with Gasteiger partial charge in [0.1, 0.15) is 0 Å². The third-order valence-corrected chi connectivity index (χ3v) is 3.49. The molecule has 0 aromatic heterocycles. The van der Waals surface area contributed by atoms with E-state index in [1.165, 1.54) is 0 Å². The van der Waals surface area contributed by atoms with Crippen molar-refractivity contribution in [3.63, 3.8) is 0 Å². The predicted octanol–water partition coefficient (Wildman–Crippen LogP) is 1.81. The molecule has 1 aromatic rings. The van der Waals surface area contributed by atoms with Crippen molar-refractivity contribution < 1.29 is 18.9 Å². The van der Waals surface area contributed by atoms with Crippen LogP contribution in [-0.2, 0) is 14.5 Å². The van der Waals surface area contributed by atoms with Crippen LogP contribution in [0.4, 0.5) is 0 Å². The van der Waals surface area contributed by atoms with Crippen molar-refractivity contribution in [3.05, 3.63) is 35.4 Å². The van der Waals surface area contributed by atoms with Crippen LogP contribution in [0.2, 0.25) is 0 Å². The molecule has 0 spiro atoms. The third-order valence-electron chi connectivity index (χ3n) is 3.03. The molecule has 0 amide bonds. The van der Waals surface area contributed by atoms with Crippen molar-refractivity contribution in [1.82, 2.24) is 0 Å². The molecule has 1 aliphatic carbocycles. The molecule has 4 nitrogen and oxygen atoms in total. The highest BCUT2D eigenvalue weighted by molar-refractivity contribution is 7.46. The van der Waals surface area contributed by atoms with Crippen LogP contribution in [-0.4, -0.2) is 16.4 Å². The van der Waals surface area contributed by atoms with Crippen LogP contribution in [0, 0.1) is 12.3 Å². The Morgan fingerprint density at radius 1 is 1.35 bits per heavy atom. The Balaban J connectivity index is 2.10. The average molecular weight is 252 g/mol. The van der Waals surface area contributed by atoms with Gasteiger partial charge in [-0.25, -0.2) is 4.57 Å². The molecule has 0 bridgehead atoms. The topological polar surface area (TPSA) is 66.8 Å². The van der Waals surface area contributed by atoms with E-state index in [-0.39, 0.29) is 12.0 Å². The summed E-state index contributed by atoms with van der Waals surface area (Å²) in [4.78, 5) is 17.4. The second-order valence-electron chi connectivity index (χ2n) is 4.27.